The highest BCUT2D eigenvalue weighted by Crippen LogP contribution is 2.17. The van der Waals surface area contributed by atoms with Gasteiger partial charge in [-0.15, -0.1) is 10.1 Å². The summed E-state index contributed by atoms with van der Waals surface area (Å²) in [7, 11) is 0. The number of rotatable bonds is 4. The number of aromatic carboxylic acids is 1. The van der Waals surface area contributed by atoms with Crippen molar-refractivity contribution < 1.29 is 19.8 Å². The molecule has 80 valence electrons. The number of carboxylic acid groups (broad SMARTS) is 1. The van der Waals surface area contributed by atoms with Crippen LogP contribution in [0.3, 0.4) is 0 Å². The highest BCUT2D eigenvalue weighted by atomic mass is 17.0. The van der Waals surface area contributed by atoms with Gasteiger partial charge in [-0.2, -0.15) is 0 Å². The summed E-state index contributed by atoms with van der Waals surface area (Å²) in [5.74, 6) is -1.08. The van der Waals surface area contributed by atoms with E-state index < -0.39 is 17.2 Å². The average molecular weight is 211 g/mol. The number of nitrogens with zero attached hydrogens (tertiary/aromatic N) is 1. The van der Waals surface area contributed by atoms with Gasteiger partial charge in [-0.1, -0.05) is 12.1 Å². The van der Waals surface area contributed by atoms with Crippen molar-refractivity contribution in [3.8, 4) is 0 Å². The molecule has 6 nitrogen and oxygen atoms in total. The van der Waals surface area contributed by atoms with Gasteiger partial charge >= 0.3 is 5.97 Å². The van der Waals surface area contributed by atoms with Crippen LogP contribution in [0, 0.1) is 10.1 Å². The van der Waals surface area contributed by atoms with Gasteiger partial charge in [0.05, 0.1) is 5.56 Å². The first-order valence-corrected chi connectivity index (χ1v) is 4.15. The van der Waals surface area contributed by atoms with E-state index in [1.807, 2.05) is 0 Å². The molecule has 1 aromatic rings. The molecule has 0 radical (unpaired) electrons. The normalized spacial score (nSPS) is 11.8. The highest BCUT2D eigenvalue weighted by Gasteiger charge is 2.11. The molecule has 0 spiro atoms. The second-order valence-electron chi connectivity index (χ2n) is 2.90. The second-order valence-corrected chi connectivity index (χ2v) is 2.90. The van der Waals surface area contributed by atoms with Gasteiger partial charge in [-0.25, -0.2) is 4.79 Å². The average Bonchev–Trinajstić information content (AvgIpc) is 2.17. The van der Waals surface area contributed by atoms with Crippen LogP contribution in [0.25, 0.3) is 0 Å². The minimum absolute atomic E-state index is 0.0753. The maximum atomic E-state index is 10.6. The lowest BCUT2D eigenvalue weighted by Crippen LogP contribution is -2.07. The Morgan fingerprint density at radius 3 is 2.80 bits per heavy atom. The molecule has 1 rings (SSSR count). The Labute approximate surface area is 85.2 Å². The van der Waals surface area contributed by atoms with Gasteiger partial charge in [0.2, 0.25) is 0 Å². The van der Waals surface area contributed by atoms with E-state index in [4.69, 9.17) is 5.11 Å². The van der Waals surface area contributed by atoms with E-state index in [1.54, 1.807) is 6.07 Å². The van der Waals surface area contributed by atoms with Crippen LogP contribution in [-0.2, 0) is 4.84 Å². The smallest absolute Gasteiger partial charge is 0.335 e. The third kappa shape index (κ3) is 2.94. The molecule has 0 aliphatic heterocycles. The summed E-state index contributed by atoms with van der Waals surface area (Å²) in [4.78, 5) is 25.0. The molecule has 0 saturated heterocycles. The monoisotopic (exact) mass is 211 g/mol. The molecule has 0 fully saturated rings. The van der Waals surface area contributed by atoms with Crippen LogP contribution in [0.15, 0.2) is 24.3 Å². The summed E-state index contributed by atoms with van der Waals surface area (Å²) in [5.41, 5.74) is 0.526. The lowest BCUT2D eigenvalue weighted by atomic mass is 10.1. The Kier molecular flexibility index (Phi) is 3.22. The van der Waals surface area contributed by atoms with Gasteiger partial charge in [-0.3, -0.25) is 0 Å². The molecule has 0 aliphatic rings. The Hall–Kier alpha value is -2.11. The molecule has 0 aliphatic carbocycles. The third-order valence-corrected chi connectivity index (χ3v) is 1.85. The van der Waals surface area contributed by atoms with Crippen LogP contribution in [0.5, 0.6) is 0 Å². The molecule has 6 heteroatoms. The topological polar surface area (TPSA) is 89.7 Å². The zero-order valence-corrected chi connectivity index (χ0v) is 7.91. The number of carboxylic acids is 1. The summed E-state index contributed by atoms with van der Waals surface area (Å²) in [6.07, 6.45) is -0.778. The fourth-order valence-electron chi connectivity index (χ4n) is 1.11. The van der Waals surface area contributed by atoms with Gasteiger partial charge in [0.1, 0.15) is 6.10 Å². The van der Waals surface area contributed by atoms with Crippen molar-refractivity contribution >= 4 is 5.97 Å². The third-order valence-electron chi connectivity index (χ3n) is 1.85. The van der Waals surface area contributed by atoms with Crippen LogP contribution in [0.1, 0.15) is 28.9 Å². The second kappa shape index (κ2) is 4.41. The Bertz CT molecular complexity index is 390. The molecule has 15 heavy (non-hydrogen) atoms. The van der Waals surface area contributed by atoms with Crippen LogP contribution < -0.4 is 0 Å². The largest absolute Gasteiger partial charge is 0.478 e. The first-order valence-electron chi connectivity index (χ1n) is 4.15. The van der Waals surface area contributed by atoms with Crippen LogP contribution in [0.4, 0.5) is 0 Å². The van der Waals surface area contributed by atoms with Crippen molar-refractivity contribution in [2.24, 2.45) is 0 Å². The van der Waals surface area contributed by atoms with E-state index in [0.29, 0.717) is 5.56 Å². The molecule has 1 N–H and O–H groups in total. The molecule has 0 aromatic heterocycles. The maximum absolute atomic E-state index is 10.6. The minimum Gasteiger partial charge on any atom is -0.478 e. The molecular formula is C9H9NO5. The van der Waals surface area contributed by atoms with Crippen molar-refractivity contribution in [3.05, 3.63) is 45.5 Å². The molecule has 1 atom stereocenters. The van der Waals surface area contributed by atoms with Gasteiger partial charge in [0.15, 0.2) is 0 Å². The molecule has 0 heterocycles. The SMILES string of the molecule is CC(O[N+](=O)[O-])c1cccc(C(=O)O)c1. The number of carbonyl (C=O) groups is 1. The zero-order valence-electron chi connectivity index (χ0n) is 7.91. The Morgan fingerprint density at radius 2 is 2.27 bits per heavy atom. The van der Waals surface area contributed by atoms with Crippen molar-refractivity contribution in [2.45, 2.75) is 13.0 Å². The first kappa shape index (κ1) is 11.0. The number of hydrogen-bond donors (Lipinski definition) is 1. The van der Waals surface area contributed by atoms with E-state index in [9.17, 15) is 14.9 Å². The predicted molar refractivity (Wildman–Crippen MR) is 49.9 cm³/mol. The highest BCUT2D eigenvalue weighted by molar-refractivity contribution is 5.87. The van der Waals surface area contributed by atoms with Crippen molar-refractivity contribution in [2.75, 3.05) is 0 Å². The van der Waals surface area contributed by atoms with E-state index in [-0.39, 0.29) is 5.56 Å². The zero-order chi connectivity index (χ0) is 11.4. The summed E-state index contributed by atoms with van der Waals surface area (Å²) >= 11 is 0. The fourth-order valence-corrected chi connectivity index (χ4v) is 1.11. The van der Waals surface area contributed by atoms with Crippen molar-refractivity contribution in [1.29, 1.82) is 0 Å². The fraction of sp³-hybridized carbons (Fsp3) is 0.222. The van der Waals surface area contributed by atoms with Gasteiger partial charge in [0.25, 0.3) is 5.09 Å². The first-order chi connectivity index (χ1) is 7.00. The molecule has 0 saturated carbocycles. The quantitative estimate of drug-likeness (QED) is 0.604. The van der Waals surface area contributed by atoms with Gasteiger partial charge in [-0.05, 0) is 24.6 Å². The lowest BCUT2D eigenvalue weighted by molar-refractivity contribution is -0.770. The predicted octanol–water partition coefficient (Wildman–Crippen LogP) is 1.65. The number of benzene rings is 1. The molecule has 1 aromatic carbocycles. The molecule has 1 unspecified atom stereocenters. The summed E-state index contributed by atoms with van der Waals surface area (Å²) < 4.78 is 0. The van der Waals surface area contributed by atoms with Crippen LogP contribution >= 0.6 is 0 Å². The molecule has 0 bridgehead atoms. The maximum Gasteiger partial charge on any atom is 0.335 e. The lowest BCUT2D eigenvalue weighted by Gasteiger charge is -2.09. The molecule has 0 amide bonds. The van der Waals surface area contributed by atoms with Gasteiger partial charge < -0.3 is 9.94 Å². The van der Waals surface area contributed by atoms with Crippen LogP contribution in [-0.4, -0.2) is 16.2 Å². The Balaban J connectivity index is 2.89. The van der Waals surface area contributed by atoms with Crippen LogP contribution in [0.2, 0.25) is 0 Å². The standard InChI is InChI=1S/C9H9NO5/c1-6(15-10(13)14)7-3-2-4-8(5-7)9(11)12/h2-6H,1H3,(H,11,12). The van der Waals surface area contributed by atoms with E-state index in [0.717, 1.165) is 0 Å². The minimum atomic E-state index is -1.08. The van der Waals surface area contributed by atoms with E-state index >= 15 is 0 Å². The summed E-state index contributed by atoms with van der Waals surface area (Å²) in [6.45, 7) is 1.48. The van der Waals surface area contributed by atoms with E-state index in [2.05, 4.69) is 4.84 Å². The summed E-state index contributed by atoms with van der Waals surface area (Å²) in [6, 6.07) is 5.83. The van der Waals surface area contributed by atoms with Crippen molar-refractivity contribution in [1.82, 2.24) is 0 Å². The van der Waals surface area contributed by atoms with Crippen molar-refractivity contribution in [3.63, 3.8) is 0 Å². The number of hydrogen-bond acceptors (Lipinski definition) is 4. The van der Waals surface area contributed by atoms with E-state index in [1.165, 1.54) is 25.1 Å². The molecular weight excluding hydrogens is 202 g/mol. The summed E-state index contributed by atoms with van der Waals surface area (Å²) in [5, 5.41) is 17.9. The van der Waals surface area contributed by atoms with Gasteiger partial charge in [0, 0.05) is 0 Å². The Morgan fingerprint density at radius 1 is 1.60 bits per heavy atom.